The van der Waals surface area contributed by atoms with Crippen molar-refractivity contribution in [2.24, 2.45) is 0 Å². The maximum Gasteiger partial charge on any atom is 0.344 e. The lowest BCUT2D eigenvalue weighted by Crippen LogP contribution is -2.17. The fraction of sp³-hybridized carbons (Fsp3) is 0.118. The van der Waals surface area contributed by atoms with E-state index in [-0.39, 0.29) is 17.9 Å². The van der Waals surface area contributed by atoms with Crippen molar-refractivity contribution in [3.05, 3.63) is 81.4 Å². The molecule has 0 spiro atoms. The van der Waals surface area contributed by atoms with E-state index in [0.29, 0.717) is 5.65 Å². The third-order valence-corrected chi connectivity index (χ3v) is 3.38. The summed E-state index contributed by atoms with van der Waals surface area (Å²) in [7, 11) is 0. The van der Waals surface area contributed by atoms with Gasteiger partial charge in [0.2, 0.25) is 0 Å². The van der Waals surface area contributed by atoms with E-state index in [1.54, 1.807) is 18.3 Å². The van der Waals surface area contributed by atoms with E-state index in [9.17, 15) is 18.4 Å². The van der Waals surface area contributed by atoms with Gasteiger partial charge in [0, 0.05) is 12.3 Å². The third kappa shape index (κ3) is 3.01. The number of carbonyl (C=O) groups is 1. The second kappa shape index (κ2) is 6.19. The molecule has 0 N–H and O–H groups in total. The highest BCUT2D eigenvalue weighted by molar-refractivity contribution is 5.89. The summed E-state index contributed by atoms with van der Waals surface area (Å²) in [5.41, 5.74) is 0.350. The number of halogens is 2. The molecule has 0 aliphatic carbocycles. The zero-order valence-electron chi connectivity index (χ0n) is 12.6. The van der Waals surface area contributed by atoms with Gasteiger partial charge in [-0.05, 0) is 30.7 Å². The first-order chi connectivity index (χ1) is 11.5. The van der Waals surface area contributed by atoms with E-state index < -0.39 is 23.2 Å². The van der Waals surface area contributed by atoms with Gasteiger partial charge in [0.15, 0.2) is 0 Å². The van der Waals surface area contributed by atoms with Crippen LogP contribution >= 0.6 is 0 Å². The van der Waals surface area contributed by atoms with Crippen molar-refractivity contribution < 1.29 is 18.3 Å². The number of nitrogens with zero attached hydrogens (tertiary/aromatic N) is 2. The van der Waals surface area contributed by atoms with Crippen LogP contribution < -0.4 is 5.56 Å². The van der Waals surface area contributed by atoms with E-state index in [1.807, 2.05) is 6.92 Å². The zero-order chi connectivity index (χ0) is 17.3. The molecule has 1 aromatic carbocycles. The average molecular weight is 330 g/mol. The predicted octanol–water partition coefficient (Wildman–Crippen LogP) is 2.64. The lowest BCUT2D eigenvalue weighted by Gasteiger charge is -2.07. The normalized spacial score (nSPS) is 10.8. The maximum absolute atomic E-state index is 13.5. The summed E-state index contributed by atoms with van der Waals surface area (Å²) in [5.74, 6) is -3.18. The Morgan fingerprint density at radius 2 is 1.92 bits per heavy atom. The van der Waals surface area contributed by atoms with E-state index >= 15 is 0 Å². The van der Waals surface area contributed by atoms with Crippen molar-refractivity contribution in [2.75, 3.05) is 0 Å². The molecular weight excluding hydrogens is 318 g/mol. The summed E-state index contributed by atoms with van der Waals surface area (Å²) < 4.78 is 33.3. The summed E-state index contributed by atoms with van der Waals surface area (Å²) in [6.07, 6.45) is 1.63. The average Bonchev–Trinajstić information content (AvgIpc) is 2.53. The predicted molar refractivity (Wildman–Crippen MR) is 81.7 cm³/mol. The Hall–Kier alpha value is -3.09. The topological polar surface area (TPSA) is 60.7 Å². The van der Waals surface area contributed by atoms with Crippen LogP contribution in [0.15, 0.2) is 47.4 Å². The Balaban J connectivity index is 1.85. The molecule has 2 heterocycles. The second-order valence-corrected chi connectivity index (χ2v) is 5.19. The molecule has 0 saturated heterocycles. The van der Waals surface area contributed by atoms with Crippen LogP contribution in [0.5, 0.6) is 0 Å². The second-order valence-electron chi connectivity index (χ2n) is 5.19. The Morgan fingerprint density at radius 3 is 2.62 bits per heavy atom. The fourth-order valence-corrected chi connectivity index (χ4v) is 2.24. The Labute approximate surface area is 135 Å². The highest BCUT2D eigenvalue weighted by Crippen LogP contribution is 2.14. The Bertz CT molecular complexity index is 979. The van der Waals surface area contributed by atoms with Gasteiger partial charge in [-0.2, -0.15) is 0 Å². The van der Waals surface area contributed by atoms with Crippen LogP contribution in [0, 0.1) is 18.6 Å². The highest BCUT2D eigenvalue weighted by atomic mass is 19.1. The number of fused-ring (bicyclic) bond motifs is 1. The molecule has 3 aromatic rings. The van der Waals surface area contributed by atoms with Crippen molar-refractivity contribution in [1.82, 2.24) is 9.38 Å². The largest absolute Gasteiger partial charge is 0.455 e. The first-order valence-electron chi connectivity index (χ1n) is 7.06. The number of esters is 1. The van der Waals surface area contributed by atoms with Gasteiger partial charge in [-0.3, -0.25) is 9.20 Å². The molecule has 122 valence electrons. The minimum Gasteiger partial charge on any atom is -0.455 e. The molecule has 0 bridgehead atoms. The van der Waals surface area contributed by atoms with Gasteiger partial charge in [-0.25, -0.2) is 18.6 Å². The molecule has 0 amide bonds. The van der Waals surface area contributed by atoms with Gasteiger partial charge in [-0.1, -0.05) is 12.1 Å². The lowest BCUT2D eigenvalue weighted by atomic mass is 10.2. The van der Waals surface area contributed by atoms with Crippen molar-refractivity contribution in [3.8, 4) is 0 Å². The number of hydrogen-bond donors (Lipinski definition) is 0. The molecule has 0 saturated carbocycles. The van der Waals surface area contributed by atoms with Crippen LogP contribution in [0.1, 0.15) is 21.6 Å². The zero-order valence-corrected chi connectivity index (χ0v) is 12.6. The molecule has 24 heavy (non-hydrogen) atoms. The van der Waals surface area contributed by atoms with Crippen molar-refractivity contribution >= 4 is 11.6 Å². The minimum atomic E-state index is -1.16. The van der Waals surface area contributed by atoms with Crippen LogP contribution in [-0.4, -0.2) is 15.4 Å². The number of hydrogen-bond acceptors (Lipinski definition) is 4. The van der Waals surface area contributed by atoms with Gasteiger partial charge in [0.1, 0.15) is 29.5 Å². The monoisotopic (exact) mass is 330 g/mol. The van der Waals surface area contributed by atoms with Crippen molar-refractivity contribution in [2.45, 2.75) is 13.5 Å². The van der Waals surface area contributed by atoms with Crippen LogP contribution in [0.25, 0.3) is 5.65 Å². The van der Waals surface area contributed by atoms with Gasteiger partial charge in [-0.15, -0.1) is 0 Å². The number of pyridine rings is 1. The van der Waals surface area contributed by atoms with E-state index in [2.05, 4.69) is 4.98 Å². The van der Waals surface area contributed by atoms with E-state index in [1.165, 1.54) is 10.5 Å². The van der Waals surface area contributed by atoms with Crippen LogP contribution in [0.4, 0.5) is 8.78 Å². The van der Waals surface area contributed by atoms with Gasteiger partial charge in [0.25, 0.3) is 5.56 Å². The molecule has 0 aliphatic heterocycles. The Morgan fingerprint density at radius 1 is 1.21 bits per heavy atom. The lowest BCUT2D eigenvalue weighted by molar-refractivity contribution is 0.0456. The number of aryl methyl sites for hydroxylation is 1. The first-order valence-corrected chi connectivity index (χ1v) is 7.06. The summed E-state index contributed by atoms with van der Waals surface area (Å²) >= 11 is 0. The first kappa shape index (κ1) is 15.8. The Kier molecular flexibility index (Phi) is 4.07. The van der Waals surface area contributed by atoms with Crippen LogP contribution in [-0.2, 0) is 11.3 Å². The van der Waals surface area contributed by atoms with Crippen molar-refractivity contribution in [1.29, 1.82) is 0 Å². The number of carbonyl (C=O) groups excluding carboxylic acids is 1. The number of aromatic nitrogens is 2. The summed E-state index contributed by atoms with van der Waals surface area (Å²) in [6.45, 7) is 1.47. The molecule has 3 rings (SSSR count). The molecule has 0 aliphatic rings. The quantitative estimate of drug-likeness (QED) is 0.693. The standard InChI is InChI=1S/C17H12F2N2O3/c1-10-5-6-14-20-11(7-15(22)21(14)8-10)9-24-17(23)16-12(18)3-2-4-13(16)19/h2-8H,9H2,1H3. The molecule has 0 unspecified atom stereocenters. The highest BCUT2D eigenvalue weighted by Gasteiger charge is 2.18. The molecule has 0 atom stereocenters. The SMILES string of the molecule is Cc1ccc2nc(COC(=O)c3c(F)cccc3F)cc(=O)n2c1. The van der Waals surface area contributed by atoms with Gasteiger partial charge < -0.3 is 4.74 Å². The number of benzene rings is 1. The molecular formula is C17H12F2N2O3. The van der Waals surface area contributed by atoms with Gasteiger partial charge in [0.05, 0.1) is 5.69 Å². The van der Waals surface area contributed by atoms with Crippen molar-refractivity contribution in [3.63, 3.8) is 0 Å². The number of ether oxygens (including phenoxy) is 1. The molecule has 2 aromatic heterocycles. The third-order valence-electron chi connectivity index (χ3n) is 3.38. The number of rotatable bonds is 3. The maximum atomic E-state index is 13.5. The van der Waals surface area contributed by atoms with Crippen LogP contribution in [0.2, 0.25) is 0 Å². The van der Waals surface area contributed by atoms with E-state index in [4.69, 9.17) is 4.74 Å². The van der Waals surface area contributed by atoms with Crippen LogP contribution in [0.3, 0.4) is 0 Å². The van der Waals surface area contributed by atoms with Gasteiger partial charge >= 0.3 is 5.97 Å². The summed E-state index contributed by atoms with van der Waals surface area (Å²) in [4.78, 5) is 28.1. The molecule has 0 fully saturated rings. The molecule has 5 nitrogen and oxygen atoms in total. The smallest absolute Gasteiger partial charge is 0.344 e. The fourth-order valence-electron chi connectivity index (χ4n) is 2.24. The summed E-state index contributed by atoms with van der Waals surface area (Å²) in [5, 5.41) is 0. The van der Waals surface area contributed by atoms with E-state index in [0.717, 1.165) is 23.8 Å². The minimum absolute atomic E-state index is 0.189. The molecule has 7 heteroatoms. The summed E-state index contributed by atoms with van der Waals surface area (Å²) in [6, 6.07) is 7.71. The molecule has 0 radical (unpaired) electrons.